The van der Waals surface area contributed by atoms with E-state index in [-0.39, 0.29) is 116 Å². The summed E-state index contributed by atoms with van der Waals surface area (Å²) >= 11 is 0. The standard InChI is InChI=1S/C21H32O9.C18H26O6.C15H20O6/c1-5-18(22)28-12-9-25-15-21(8-4,16-26-10-13-29-19(23)6-2)17-27-11-14-30-20(24)7-3;1-8-18(9-22-15(19)12(2)3,10-23-16(20)13(4)5)11-24-17(21)14(6)7;1-5-12(16)19-9-15(8-4,10-20-13(17)6-2)11-21-14(18)7-3/h5-7H,1-3,8-17H2,4H3;2,4,6,8-11H2,1,3,5,7H3;5-7H,1-3,8-11H2,4H3. The fraction of sp³-hybridized carbons (Fsp3) is 0.500. The van der Waals surface area contributed by atoms with Gasteiger partial charge in [-0.05, 0) is 40.0 Å². The van der Waals surface area contributed by atoms with Crippen molar-refractivity contribution >= 4 is 53.7 Å². The molecule has 0 fully saturated rings. The SMILES string of the molecule is C=C(C)C(=O)OCC(CC)(COC(=O)C(=C)C)COC(=O)C(=C)C.C=CC(=O)OCC(CC)(COC(=O)C=C)COC(=O)C=C.C=CC(=O)OCCOCC(CC)(COCCOC(=O)C=C)COCCOC(=O)C=C. The molecule has 0 rings (SSSR count). The molecule has 0 saturated heterocycles. The lowest BCUT2D eigenvalue weighted by atomic mass is 9.88. The van der Waals surface area contributed by atoms with E-state index in [0.717, 1.165) is 36.5 Å². The largest absolute Gasteiger partial charge is 0.462 e. The molecule has 0 aromatic rings. The molecule has 0 aliphatic carbocycles. The van der Waals surface area contributed by atoms with Gasteiger partial charge in [-0.2, -0.15) is 0 Å². The first-order valence-electron chi connectivity index (χ1n) is 23.4. The van der Waals surface area contributed by atoms with E-state index in [0.29, 0.717) is 19.3 Å². The lowest BCUT2D eigenvalue weighted by Gasteiger charge is -2.32. The number of rotatable bonds is 39. The van der Waals surface area contributed by atoms with Crippen molar-refractivity contribution in [1.29, 1.82) is 0 Å². The first-order valence-corrected chi connectivity index (χ1v) is 23.4. The maximum atomic E-state index is 11.6. The van der Waals surface area contributed by atoms with Crippen LogP contribution in [0.5, 0.6) is 0 Å². The molecule has 0 aliphatic rings. The fourth-order valence-corrected chi connectivity index (χ4v) is 4.81. The Morgan fingerprint density at radius 1 is 0.307 bits per heavy atom. The van der Waals surface area contributed by atoms with E-state index >= 15 is 0 Å². The van der Waals surface area contributed by atoms with Crippen LogP contribution in [0.4, 0.5) is 0 Å². The Labute approximate surface area is 441 Å². The van der Waals surface area contributed by atoms with E-state index in [1.54, 1.807) is 6.92 Å². The van der Waals surface area contributed by atoms with Crippen LogP contribution >= 0.6 is 0 Å². The molecular formula is C54H78O21. The highest BCUT2D eigenvalue weighted by Gasteiger charge is 2.36. The minimum absolute atomic E-state index is 0.0802. The quantitative estimate of drug-likeness (QED) is 0.0299. The summed E-state index contributed by atoms with van der Waals surface area (Å²) in [4.78, 5) is 102. The van der Waals surface area contributed by atoms with Crippen LogP contribution in [-0.2, 0) is 100.0 Å². The normalized spacial score (nSPS) is 10.5. The highest BCUT2D eigenvalue weighted by molar-refractivity contribution is 5.88. The van der Waals surface area contributed by atoms with E-state index < -0.39 is 70.0 Å². The van der Waals surface area contributed by atoms with Gasteiger partial charge in [-0.25, -0.2) is 43.2 Å². The van der Waals surface area contributed by atoms with Crippen molar-refractivity contribution in [2.75, 3.05) is 99.1 Å². The molecule has 0 radical (unpaired) electrons. The second kappa shape index (κ2) is 42.2. The predicted octanol–water partition coefficient (Wildman–Crippen LogP) is 5.93. The van der Waals surface area contributed by atoms with Crippen molar-refractivity contribution < 1.29 is 100.0 Å². The lowest BCUT2D eigenvalue weighted by Crippen LogP contribution is -2.39. The molecule has 0 unspecified atom stereocenters. The van der Waals surface area contributed by atoms with E-state index in [1.165, 1.54) is 20.8 Å². The first kappa shape index (κ1) is 72.0. The summed E-state index contributed by atoms with van der Waals surface area (Å²) in [6.07, 6.45) is 7.86. The van der Waals surface area contributed by atoms with Gasteiger partial charge in [0.05, 0.1) is 50.5 Å². The summed E-state index contributed by atoms with van der Waals surface area (Å²) in [7, 11) is 0. The van der Waals surface area contributed by atoms with Gasteiger partial charge in [0.15, 0.2) is 0 Å². The zero-order chi connectivity index (χ0) is 57.9. The minimum Gasteiger partial charge on any atom is -0.462 e. The number of esters is 9. The molecule has 0 N–H and O–H groups in total. The Hall–Kier alpha value is -7.23. The van der Waals surface area contributed by atoms with Gasteiger partial charge >= 0.3 is 53.7 Å². The molecule has 0 heterocycles. The Morgan fingerprint density at radius 2 is 0.493 bits per heavy atom. The van der Waals surface area contributed by atoms with Crippen LogP contribution in [0, 0.1) is 16.2 Å². The molecule has 0 aliphatic heterocycles. The highest BCUT2D eigenvalue weighted by Crippen LogP contribution is 2.27. The zero-order valence-corrected chi connectivity index (χ0v) is 44.6. The van der Waals surface area contributed by atoms with Crippen LogP contribution in [0.2, 0.25) is 0 Å². The van der Waals surface area contributed by atoms with E-state index in [9.17, 15) is 43.2 Å². The Morgan fingerprint density at radius 3 is 0.680 bits per heavy atom. The molecule has 21 heteroatoms. The Kier molecular flexibility index (Phi) is 40.5. The molecule has 0 atom stereocenters. The third-order valence-electron chi connectivity index (χ3n) is 10.0. The highest BCUT2D eigenvalue weighted by atomic mass is 16.6. The average Bonchev–Trinajstić information content (AvgIpc) is 3.41. The average molecular weight is 1060 g/mol. The predicted molar refractivity (Wildman–Crippen MR) is 275 cm³/mol. The number of carbonyl (C=O) groups excluding carboxylic acids is 9. The second-order valence-electron chi connectivity index (χ2n) is 16.3. The first-order chi connectivity index (χ1) is 35.4. The summed E-state index contributed by atoms with van der Waals surface area (Å²) < 4.78 is 62.1. The number of carbonyl (C=O) groups is 9. The van der Waals surface area contributed by atoms with Crippen LogP contribution in [0.25, 0.3) is 0 Å². The van der Waals surface area contributed by atoms with Gasteiger partial charge in [0.1, 0.15) is 59.5 Å². The van der Waals surface area contributed by atoms with Gasteiger partial charge in [-0.15, -0.1) is 0 Å². The van der Waals surface area contributed by atoms with Crippen LogP contribution < -0.4 is 0 Å². The minimum atomic E-state index is -0.860. The topological polar surface area (TPSA) is 264 Å². The Balaban J connectivity index is -0.00000106. The molecule has 0 bridgehead atoms. The molecule has 0 aromatic carbocycles. The maximum absolute atomic E-state index is 11.6. The van der Waals surface area contributed by atoms with Crippen molar-refractivity contribution in [3.63, 3.8) is 0 Å². The molecule has 21 nitrogen and oxygen atoms in total. The zero-order valence-electron chi connectivity index (χ0n) is 44.6. The third kappa shape index (κ3) is 35.5. The van der Waals surface area contributed by atoms with Crippen LogP contribution in [0.1, 0.15) is 60.8 Å². The van der Waals surface area contributed by atoms with Gasteiger partial charge in [-0.3, -0.25) is 0 Å². The van der Waals surface area contributed by atoms with Crippen LogP contribution in [-0.4, -0.2) is 153 Å². The van der Waals surface area contributed by atoms with Crippen LogP contribution in [0.15, 0.2) is 112 Å². The smallest absolute Gasteiger partial charge is 0.333 e. The third-order valence-corrected chi connectivity index (χ3v) is 10.0. The van der Waals surface area contributed by atoms with E-state index in [2.05, 4.69) is 59.2 Å². The van der Waals surface area contributed by atoms with E-state index in [1.807, 2.05) is 13.8 Å². The summed E-state index contributed by atoms with van der Waals surface area (Å²) in [5.74, 6) is -5.09. The summed E-state index contributed by atoms with van der Waals surface area (Å²) in [5, 5.41) is 0. The van der Waals surface area contributed by atoms with Crippen molar-refractivity contribution in [3.8, 4) is 0 Å². The van der Waals surface area contributed by atoms with Gasteiger partial charge in [0, 0.05) is 58.6 Å². The molecule has 0 amide bonds. The number of ether oxygens (including phenoxy) is 12. The van der Waals surface area contributed by atoms with Gasteiger partial charge < -0.3 is 56.8 Å². The van der Waals surface area contributed by atoms with Crippen LogP contribution in [0.3, 0.4) is 0 Å². The summed E-state index contributed by atoms with van der Waals surface area (Å²) in [6, 6.07) is 0. The van der Waals surface area contributed by atoms with Crippen molar-refractivity contribution in [2.45, 2.75) is 60.8 Å². The van der Waals surface area contributed by atoms with Crippen molar-refractivity contribution in [2.24, 2.45) is 16.2 Å². The Bertz CT molecular complexity index is 1750. The fourth-order valence-electron chi connectivity index (χ4n) is 4.81. The molecule has 0 spiro atoms. The van der Waals surface area contributed by atoms with Crippen molar-refractivity contribution in [3.05, 3.63) is 112 Å². The number of hydrogen-bond donors (Lipinski definition) is 0. The second-order valence-corrected chi connectivity index (χ2v) is 16.3. The van der Waals surface area contributed by atoms with Gasteiger partial charge in [0.25, 0.3) is 0 Å². The van der Waals surface area contributed by atoms with Gasteiger partial charge in [-0.1, -0.05) is 80.0 Å². The lowest BCUT2D eigenvalue weighted by molar-refractivity contribution is -0.159. The molecule has 0 aromatic heterocycles. The van der Waals surface area contributed by atoms with E-state index in [4.69, 9.17) is 56.8 Å². The summed E-state index contributed by atoms with van der Waals surface area (Å²) in [6.45, 7) is 41.8. The summed E-state index contributed by atoms with van der Waals surface area (Å²) in [5.41, 5.74) is -1.45. The number of hydrogen-bond acceptors (Lipinski definition) is 21. The van der Waals surface area contributed by atoms with Crippen molar-refractivity contribution in [1.82, 2.24) is 0 Å². The molecule has 75 heavy (non-hydrogen) atoms. The molecule has 420 valence electrons. The van der Waals surface area contributed by atoms with Gasteiger partial charge in [0.2, 0.25) is 0 Å². The molecule has 0 saturated carbocycles. The maximum Gasteiger partial charge on any atom is 0.333 e. The monoisotopic (exact) mass is 1060 g/mol. The molecular weight excluding hydrogens is 985 g/mol.